The molecule has 0 saturated carbocycles. The van der Waals surface area contributed by atoms with Crippen LogP contribution in [0.4, 0.5) is 5.69 Å². The molecule has 1 N–H and O–H groups in total. The Morgan fingerprint density at radius 1 is 1.04 bits per heavy atom. The summed E-state index contributed by atoms with van der Waals surface area (Å²) in [5.41, 5.74) is 2.66. The molecule has 1 amide bonds. The molecule has 1 heterocycles. The number of amides is 1. The number of hydrogen-bond acceptors (Lipinski definition) is 5. The normalized spacial score (nSPS) is 10.1. The molecule has 0 aliphatic rings. The van der Waals surface area contributed by atoms with Crippen molar-refractivity contribution in [2.45, 2.75) is 11.9 Å². The van der Waals surface area contributed by atoms with E-state index in [0.717, 1.165) is 5.69 Å². The van der Waals surface area contributed by atoms with Gasteiger partial charge in [-0.05, 0) is 31.2 Å². The van der Waals surface area contributed by atoms with Gasteiger partial charge in [0.25, 0.3) is 0 Å². The molecule has 0 spiro atoms. The van der Waals surface area contributed by atoms with Crippen molar-refractivity contribution in [1.29, 1.82) is 5.26 Å². The zero-order chi connectivity index (χ0) is 19.9. The number of carbonyl (C=O) groups is 2. The van der Waals surface area contributed by atoms with Gasteiger partial charge in [0.2, 0.25) is 5.91 Å². The average molecular weight is 387 g/mol. The molecule has 6 heteroatoms. The van der Waals surface area contributed by atoms with E-state index in [-0.39, 0.29) is 17.4 Å². The van der Waals surface area contributed by atoms with Crippen LogP contribution in [-0.2, 0) is 4.79 Å². The fourth-order valence-corrected chi connectivity index (χ4v) is 3.40. The molecule has 28 heavy (non-hydrogen) atoms. The maximum atomic E-state index is 12.7. The number of aromatic nitrogens is 1. The highest BCUT2D eigenvalue weighted by Crippen LogP contribution is 2.22. The molecule has 0 fully saturated rings. The third-order valence-corrected chi connectivity index (χ3v) is 4.93. The summed E-state index contributed by atoms with van der Waals surface area (Å²) in [6.07, 6.45) is 0. The van der Waals surface area contributed by atoms with Crippen molar-refractivity contribution in [2.24, 2.45) is 0 Å². The zero-order valence-electron chi connectivity index (χ0n) is 15.2. The Kier molecular flexibility index (Phi) is 6.20. The van der Waals surface area contributed by atoms with Gasteiger partial charge in [-0.15, -0.1) is 0 Å². The number of carbonyl (C=O) groups excluding carboxylic acids is 2. The van der Waals surface area contributed by atoms with Crippen molar-refractivity contribution in [3.8, 4) is 6.07 Å². The predicted octanol–water partition coefficient (Wildman–Crippen LogP) is 4.22. The van der Waals surface area contributed by atoms with Gasteiger partial charge in [-0.2, -0.15) is 5.26 Å². The van der Waals surface area contributed by atoms with Crippen LogP contribution in [0, 0.1) is 18.3 Å². The minimum atomic E-state index is -0.273. The summed E-state index contributed by atoms with van der Waals surface area (Å²) >= 11 is 1.19. The van der Waals surface area contributed by atoms with Crippen LogP contribution in [-0.4, -0.2) is 22.4 Å². The van der Waals surface area contributed by atoms with E-state index in [9.17, 15) is 14.9 Å². The number of ketones is 1. The summed E-state index contributed by atoms with van der Waals surface area (Å²) in [5, 5.41) is 12.5. The van der Waals surface area contributed by atoms with Crippen molar-refractivity contribution in [3.05, 3.63) is 89.1 Å². The zero-order valence-corrected chi connectivity index (χ0v) is 16.0. The summed E-state index contributed by atoms with van der Waals surface area (Å²) in [5.74, 6) is -0.347. The Hall–Kier alpha value is -3.43. The number of anilines is 1. The Balaban J connectivity index is 1.73. The van der Waals surface area contributed by atoms with Gasteiger partial charge >= 0.3 is 0 Å². The van der Waals surface area contributed by atoms with E-state index in [1.807, 2.05) is 13.0 Å². The van der Waals surface area contributed by atoms with Gasteiger partial charge in [0, 0.05) is 16.8 Å². The molecule has 0 bridgehead atoms. The number of nitriles is 1. The first-order valence-electron chi connectivity index (χ1n) is 8.57. The van der Waals surface area contributed by atoms with Crippen LogP contribution in [0.1, 0.15) is 27.2 Å². The molecule has 0 unspecified atom stereocenters. The highest BCUT2D eigenvalue weighted by atomic mass is 32.2. The number of benzene rings is 2. The van der Waals surface area contributed by atoms with E-state index in [2.05, 4.69) is 16.4 Å². The smallest absolute Gasteiger partial charge is 0.234 e. The van der Waals surface area contributed by atoms with Crippen LogP contribution >= 0.6 is 11.8 Å². The number of rotatable bonds is 6. The molecule has 5 nitrogen and oxygen atoms in total. The Morgan fingerprint density at radius 3 is 2.50 bits per heavy atom. The van der Waals surface area contributed by atoms with Crippen molar-refractivity contribution in [3.63, 3.8) is 0 Å². The van der Waals surface area contributed by atoms with Crippen molar-refractivity contribution >= 4 is 29.1 Å². The highest BCUT2D eigenvalue weighted by molar-refractivity contribution is 8.00. The highest BCUT2D eigenvalue weighted by Gasteiger charge is 2.15. The first kappa shape index (κ1) is 19.3. The van der Waals surface area contributed by atoms with Gasteiger partial charge in [0.1, 0.15) is 11.1 Å². The van der Waals surface area contributed by atoms with E-state index in [4.69, 9.17) is 0 Å². The van der Waals surface area contributed by atoms with E-state index in [1.54, 1.807) is 60.7 Å². The summed E-state index contributed by atoms with van der Waals surface area (Å²) in [6, 6.07) is 21.4. The van der Waals surface area contributed by atoms with Crippen molar-refractivity contribution < 1.29 is 9.59 Å². The van der Waals surface area contributed by atoms with Gasteiger partial charge < -0.3 is 5.32 Å². The molecule has 3 aromatic rings. The quantitative estimate of drug-likeness (QED) is 0.506. The summed E-state index contributed by atoms with van der Waals surface area (Å²) in [7, 11) is 0. The number of para-hydroxylation sites is 1. The molecule has 0 aliphatic heterocycles. The fraction of sp³-hybridized carbons (Fsp3) is 0.0909. The van der Waals surface area contributed by atoms with Gasteiger partial charge in [0.05, 0.1) is 17.0 Å². The first-order valence-corrected chi connectivity index (χ1v) is 9.56. The Bertz CT molecular complexity index is 1060. The van der Waals surface area contributed by atoms with Gasteiger partial charge in [-0.1, -0.05) is 54.2 Å². The minimum Gasteiger partial charge on any atom is -0.325 e. The molecular weight excluding hydrogens is 370 g/mol. The summed E-state index contributed by atoms with van der Waals surface area (Å²) in [6.45, 7) is 1.83. The largest absolute Gasteiger partial charge is 0.325 e. The Morgan fingerprint density at radius 2 is 1.75 bits per heavy atom. The number of hydrogen-bond donors (Lipinski definition) is 1. The van der Waals surface area contributed by atoms with E-state index in [1.165, 1.54) is 11.8 Å². The lowest BCUT2D eigenvalue weighted by atomic mass is 10.0. The molecule has 1 aromatic heterocycles. The first-order chi connectivity index (χ1) is 13.6. The lowest BCUT2D eigenvalue weighted by Crippen LogP contribution is -2.17. The van der Waals surface area contributed by atoms with Crippen LogP contribution in [0.25, 0.3) is 0 Å². The van der Waals surface area contributed by atoms with Crippen molar-refractivity contribution in [2.75, 3.05) is 11.1 Å². The molecule has 0 saturated heterocycles. The second kappa shape index (κ2) is 8.98. The van der Waals surface area contributed by atoms with Crippen molar-refractivity contribution in [1.82, 2.24) is 4.98 Å². The van der Waals surface area contributed by atoms with Crippen LogP contribution < -0.4 is 5.32 Å². The fourth-order valence-electron chi connectivity index (χ4n) is 2.58. The maximum Gasteiger partial charge on any atom is 0.234 e. The van der Waals surface area contributed by atoms with E-state index < -0.39 is 0 Å². The van der Waals surface area contributed by atoms with E-state index in [0.29, 0.717) is 27.4 Å². The third kappa shape index (κ3) is 4.64. The second-order valence-corrected chi connectivity index (χ2v) is 6.96. The lowest BCUT2D eigenvalue weighted by Gasteiger charge is -2.10. The SMILES string of the molecule is Cc1ccc(C#N)c(SCC(=O)Nc2ccccc2C(=O)c2ccccc2)n1. The molecule has 138 valence electrons. The van der Waals surface area contributed by atoms with Gasteiger partial charge in [-0.25, -0.2) is 4.98 Å². The number of nitrogens with one attached hydrogen (secondary N) is 1. The monoisotopic (exact) mass is 387 g/mol. The number of pyridine rings is 1. The molecule has 0 radical (unpaired) electrons. The van der Waals surface area contributed by atoms with Crippen LogP contribution in [0.15, 0.2) is 71.8 Å². The maximum absolute atomic E-state index is 12.7. The summed E-state index contributed by atoms with van der Waals surface area (Å²) < 4.78 is 0. The predicted molar refractivity (Wildman–Crippen MR) is 109 cm³/mol. The van der Waals surface area contributed by atoms with Crippen LogP contribution in [0.3, 0.4) is 0 Å². The topological polar surface area (TPSA) is 82.9 Å². The Labute approximate surface area is 167 Å². The number of aryl methyl sites for hydroxylation is 1. The standard InChI is InChI=1S/C22H17N3O2S/c1-15-11-12-17(13-23)22(24-15)28-14-20(26)25-19-10-6-5-9-18(19)21(27)16-7-3-2-4-8-16/h2-12H,14H2,1H3,(H,25,26). The number of thioether (sulfide) groups is 1. The molecule has 3 rings (SSSR count). The van der Waals surface area contributed by atoms with Crippen LogP contribution in [0.5, 0.6) is 0 Å². The van der Waals surface area contributed by atoms with E-state index >= 15 is 0 Å². The minimum absolute atomic E-state index is 0.0823. The number of nitrogens with zero attached hydrogens (tertiary/aromatic N) is 2. The van der Waals surface area contributed by atoms with Crippen LogP contribution in [0.2, 0.25) is 0 Å². The lowest BCUT2D eigenvalue weighted by molar-refractivity contribution is -0.113. The third-order valence-electron chi connectivity index (χ3n) is 3.94. The summed E-state index contributed by atoms with van der Waals surface area (Å²) in [4.78, 5) is 29.5. The average Bonchev–Trinajstić information content (AvgIpc) is 2.73. The molecule has 0 aliphatic carbocycles. The van der Waals surface area contributed by atoms with Gasteiger partial charge in [-0.3, -0.25) is 9.59 Å². The molecule has 0 atom stereocenters. The second-order valence-electron chi connectivity index (χ2n) is 5.99. The molecule has 2 aromatic carbocycles. The molecular formula is C22H17N3O2S. The van der Waals surface area contributed by atoms with Gasteiger partial charge in [0.15, 0.2) is 5.78 Å².